The number of pyridine rings is 1. The summed E-state index contributed by atoms with van der Waals surface area (Å²) in [6, 6.07) is 7.95. The average Bonchev–Trinajstić information content (AvgIpc) is 2.41. The first-order valence-electron chi connectivity index (χ1n) is 6.68. The van der Waals surface area contributed by atoms with E-state index < -0.39 is 0 Å². The lowest BCUT2D eigenvalue weighted by Crippen LogP contribution is -1.94. The number of fused-ring (bicyclic) bond motifs is 1. The van der Waals surface area contributed by atoms with Gasteiger partial charge in [-0.3, -0.25) is 4.98 Å². The highest BCUT2D eigenvalue weighted by Gasteiger charge is 2.09. The van der Waals surface area contributed by atoms with Gasteiger partial charge in [0, 0.05) is 44.6 Å². The van der Waals surface area contributed by atoms with E-state index in [4.69, 9.17) is 5.73 Å². The van der Waals surface area contributed by atoms with Crippen molar-refractivity contribution in [1.82, 2.24) is 15.0 Å². The summed E-state index contributed by atoms with van der Waals surface area (Å²) in [7, 11) is 0. The van der Waals surface area contributed by atoms with Crippen LogP contribution in [-0.4, -0.2) is 15.0 Å². The predicted octanol–water partition coefficient (Wildman–Crippen LogP) is 3.68. The molecule has 3 rings (SSSR count). The zero-order chi connectivity index (χ0) is 15.0. The summed E-state index contributed by atoms with van der Waals surface area (Å²) >= 11 is 1.56. The van der Waals surface area contributed by atoms with Gasteiger partial charge >= 0.3 is 0 Å². The molecule has 3 aromatic rings. The highest BCUT2D eigenvalue weighted by atomic mass is 32.2. The van der Waals surface area contributed by atoms with E-state index in [0.29, 0.717) is 0 Å². The van der Waals surface area contributed by atoms with Crippen molar-refractivity contribution in [3.8, 4) is 0 Å². The number of anilines is 1. The third-order valence-corrected chi connectivity index (χ3v) is 4.14. The fourth-order valence-corrected chi connectivity index (χ4v) is 3.26. The van der Waals surface area contributed by atoms with Crippen LogP contribution in [-0.2, 0) is 0 Å². The van der Waals surface area contributed by atoms with Crippen molar-refractivity contribution in [2.75, 3.05) is 5.73 Å². The Morgan fingerprint density at radius 1 is 0.905 bits per heavy atom. The summed E-state index contributed by atoms with van der Waals surface area (Å²) in [5, 5.41) is 2.82. The average molecular weight is 296 g/mol. The number of hydrogen-bond acceptors (Lipinski definition) is 5. The molecular weight excluding hydrogens is 280 g/mol. The van der Waals surface area contributed by atoms with Gasteiger partial charge in [-0.2, -0.15) is 0 Å². The minimum absolute atomic E-state index is 0.739. The van der Waals surface area contributed by atoms with E-state index in [1.54, 1.807) is 11.8 Å². The summed E-state index contributed by atoms with van der Waals surface area (Å²) in [6.07, 6.45) is 1.83. The number of rotatable bonds is 2. The van der Waals surface area contributed by atoms with Gasteiger partial charge in [-0.15, -0.1) is 0 Å². The third-order valence-electron chi connectivity index (χ3n) is 3.19. The largest absolute Gasteiger partial charge is 0.398 e. The second kappa shape index (κ2) is 5.33. The molecule has 0 unspecified atom stereocenters. The molecule has 0 aliphatic carbocycles. The Morgan fingerprint density at radius 3 is 2.33 bits per heavy atom. The van der Waals surface area contributed by atoms with E-state index >= 15 is 0 Å². The monoisotopic (exact) mass is 296 g/mol. The topological polar surface area (TPSA) is 64.7 Å². The predicted molar refractivity (Wildman–Crippen MR) is 86.5 cm³/mol. The highest BCUT2D eigenvalue weighted by molar-refractivity contribution is 7.99. The molecule has 0 aliphatic heterocycles. The number of nitrogen functional groups attached to an aromatic ring is 1. The zero-order valence-electron chi connectivity index (χ0n) is 12.2. The summed E-state index contributed by atoms with van der Waals surface area (Å²) in [5.41, 5.74) is 9.69. The van der Waals surface area contributed by atoms with Crippen LogP contribution in [0.4, 0.5) is 5.69 Å². The molecule has 0 bridgehead atoms. The van der Waals surface area contributed by atoms with Gasteiger partial charge in [0.05, 0.1) is 0 Å². The normalized spacial score (nSPS) is 11.0. The van der Waals surface area contributed by atoms with Crippen LogP contribution >= 0.6 is 11.8 Å². The van der Waals surface area contributed by atoms with E-state index in [1.807, 2.05) is 45.2 Å². The van der Waals surface area contributed by atoms with E-state index in [0.717, 1.165) is 43.6 Å². The Bertz CT molecular complexity index is 810. The number of benzene rings is 1. The first-order valence-corrected chi connectivity index (χ1v) is 7.49. The number of nitrogens with zero attached hydrogens (tertiary/aromatic N) is 3. The molecule has 2 N–H and O–H groups in total. The summed E-state index contributed by atoms with van der Waals surface area (Å²) in [6.45, 7) is 5.94. The van der Waals surface area contributed by atoms with E-state index in [1.165, 1.54) is 0 Å². The number of aryl methyl sites for hydroxylation is 3. The van der Waals surface area contributed by atoms with Crippen molar-refractivity contribution in [1.29, 1.82) is 0 Å². The Labute approximate surface area is 127 Å². The standard InChI is InChI=1S/C16H16N4S/c1-9-7-12-13(8-18-9)14(17)4-5-15(12)21-16-19-10(2)6-11(3)20-16/h4-8H,17H2,1-3H3. The maximum atomic E-state index is 6.04. The zero-order valence-corrected chi connectivity index (χ0v) is 13.0. The Hall–Kier alpha value is -2.14. The first-order chi connectivity index (χ1) is 10.0. The van der Waals surface area contributed by atoms with Crippen molar-refractivity contribution >= 4 is 28.2 Å². The van der Waals surface area contributed by atoms with Crippen LogP contribution in [0.3, 0.4) is 0 Å². The van der Waals surface area contributed by atoms with Crippen molar-refractivity contribution in [2.45, 2.75) is 30.8 Å². The quantitative estimate of drug-likeness (QED) is 0.577. The lowest BCUT2D eigenvalue weighted by Gasteiger charge is -2.09. The van der Waals surface area contributed by atoms with Crippen LogP contribution in [0.5, 0.6) is 0 Å². The van der Waals surface area contributed by atoms with E-state index in [-0.39, 0.29) is 0 Å². The molecule has 21 heavy (non-hydrogen) atoms. The maximum Gasteiger partial charge on any atom is 0.192 e. The molecule has 5 heteroatoms. The summed E-state index contributed by atoms with van der Waals surface area (Å²) in [5.74, 6) is 0. The van der Waals surface area contributed by atoms with Crippen LogP contribution in [0.1, 0.15) is 17.1 Å². The summed E-state index contributed by atoms with van der Waals surface area (Å²) in [4.78, 5) is 14.4. The van der Waals surface area contributed by atoms with E-state index in [2.05, 4.69) is 21.0 Å². The number of hydrogen-bond donors (Lipinski definition) is 1. The lowest BCUT2D eigenvalue weighted by molar-refractivity contribution is 0.902. The lowest BCUT2D eigenvalue weighted by atomic mass is 10.1. The minimum Gasteiger partial charge on any atom is -0.398 e. The van der Waals surface area contributed by atoms with Crippen LogP contribution < -0.4 is 5.73 Å². The maximum absolute atomic E-state index is 6.04. The smallest absolute Gasteiger partial charge is 0.192 e. The van der Waals surface area contributed by atoms with Gasteiger partial charge in [0.25, 0.3) is 0 Å². The second-order valence-electron chi connectivity index (χ2n) is 5.06. The van der Waals surface area contributed by atoms with Crippen molar-refractivity contribution in [2.24, 2.45) is 0 Å². The molecule has 0 aliphatic rings. The fraction of sp³-hybridized carbons (Fsp3) is 0.188. The summed E-state index contributed by atoms with van der Waals surface area (Å²) < 4.78 is 0. The van der Waals surface area contributed by atoms with Crippen LogP contribution in [0.15, 0.2) is 40.5 Å². The van der Waals surface area contributed by atoms with Crippen LogP contribution in [0.2, 0.25) is 0 Å². The fourth-order valence-electron chi connectivity index (χ4n) is 2.27. The van der Waals surface area contributed by atoms with Crippen molar-refractivity contribution in [3.05, 3.63) is 47.5 Å². The molecule has 0 radical (unpaired) electrons. The van der Waals surface area contributed by atoms with Crippen LogP contribution in [0, 0.1) is 20.8 Å². The first kappa shape index (κ1) is 13.8. The number of nitrogens with two attached hydrogens (primary N) is 1. The Balaban J connectivity index is 2.12. The van der Waals surface area contributed by atoms with Crippen molar-refractivity contribution in [3.63, 3.8) is 0 Å². The molecule has 2 aromatic heterocycles. The molecule has 0 saturated carbocycles. The SMILES string of the molecule is Cc1cc2c(Sc3nc(C)cc(C)n3)ccc(N)c2cn1. The van der Waals surface area contributed by atoms with Gasteiger partial charge in [-0.1, -0.05) is 0 Å². The molecule has 2 heterocycles. The van der Waals surface area contributed by atoms with Gasteiger partial charge in [0.2, 0.25) is 0 Å². The second-order valence-corrected chi connectivity index (χ2v) is 6.07. The molecule has 4 nitrogen and oxygen atoms in total. The molecule has 0 spiro atoms. The molecule has 0 amide bonds. The highest BCUT2D eigenvalue weighted by Crippen LogP contribution is 2.34. The van der Waals surface area contributed by atoms with Gasteiger partial charge in [-0.05, 0) is 56.8 Å². The van der Waals surface area contributed by atoms with Crippen LogP contribution in [0.25, 0.3) is 10.8 Å². The Morgan fingerprint density at radius 2 is 1.62 bits per heavy atom. The van der Waals surface area contributed by atoms with Gasteiger partial charge in [-0.25, -0.2) is 9.97 Å². The van der Waals surface area contributed by atoms with Crippen molar-refractivity contribution < 1.29 is 0 Å². The molecule has 0 fully saturated rings. The minimum atomic E-state index is 0.739. The third kappa shape index (κ3) is 2.83. The number of aromatic nitrogens is 3. The van der Waals surface area contributed by atoms with Gasteiger partial charge in [0.1, 0.15) is 0 Å². The van der Waals surface area contributed by atoms with Gasteiger partial charge in [0.15, 0.2) is 5.16 Å². The molecule has 0 saturated heterocycles. The molecule has 1 aromatic carbocycles. The van der Waals surface area contributed by atoms with Gasteiger partial charge < -0.3 is 5.73 Å². The molecular formula is C16H16N4S. The van der Waals surface area contributed by atoms with E-state index in [9.17, 15) is 0 Å². The molecule has 0 atom stereocenters. The molecule has 106 valence electrons. The Kier molecular flexibility index (Phi) is 3.51.